The van der Waals surface area contributed by atoms with E-state index in [-0.39, 0.29) is 0 Å². The molecule has 0 N–H and O–H groups in total. The summed E-state index contributed by atoms with van der Waals surface area (Å²) < 4.78 is 49.9. The first kappa shape index (κ1) is 19.5. The predicted molar refractivity (Wildman–Crippen MR) is 107 cm³/mol. The van der Waals surface area contributed by atoms with Gasteiger partial charge in [-0.3, -0.25) is 0 Å². The first-order valence-corrected chi connectivity index (χ1v) is 10.1. The number of aromatic nitrogens is 1. The number of thiophene rings is 1. The number of unbranched alkanes of at least 4 members (excludes halogenated alkanes) is 1. The molecule has 0 saturated heterocycles. The highest BCUT2D eigenvalue weighted by molar-refractivity contribution is 7.17. The van der Waals surface area contributed by atoms with Crippen LogP contribution in [0.2, 0.25) is 0 Å². The Morgan fingerprint density at radius 2 is 1.83 bits per heavy atom. The van der Waals surface area contributed by atoms with Crippen LogP contribution < -0.4 is 4.74 Å². The molecule has 0 aliphatic carbocycles. The molecule has 0 atom stereocenters. The van der Waals surface area contributed by atoms with Crippen molar-refractivity contribution in [3.8, 4) is 17.0 Å². The maximum Gasteiger partial charge on any atom is 0.416 e. The molecule has 3 nitrogen and oxygen atoms in total. The summed E-state index contributed by atoms with van der Waals surface area (Å²) in [4.78, 5) is 0. The van der Waals surface area contributed by atoms with Crippen molar-refractivity contribution in [2.24, 2.45) is 0 Å². The van der Waals surface area contributed by atoms with Crippen molar-refractivity contribution in [1.29, 1.82) is 0 Å². The molecule has 2 heterocycles. The number of rotatable bonds is 7. The zero-order valence-electron chi connectivity index (χ0n) is 15.4. The number of halogens is 3. The van der Waals surface area contributed by atoms with Crippen molar-refractivity contribution >= 4 is 21.6 Å². The Bertz CT molecular complexity index is 1080. The van der Waals surface area contributed by atoms with E-state index in [0.29, 0.717) is 6.61 Å². The molecule has 4 rings (SSSR count). The normalized spacial score (nSPS) is 11.8. The Labute approximate surface area is 169 Å². The van der Waals surface area contributed by atoms with E-state index in [2.05, 4.69) is 5.16 Å². The van der Waals surface area contributed by atoms with E-state index in [1.165, 1.54) is 12.1 Å². The van der Waals surface area contributed by atoms with Crippen molar-refractivity contribution in [2.75, 3.05) is 6.61 Å². The van der Waals surface area contributed by atoms with Crippen LogP contribution in [-0.4, -0.2) is 11.8 Å². The number of ether oxygens (including phenoxy) is 1. The van der Waals surface area contributed by atoms with Crippen LogP contribution in [-0.2, 0) is 12.6 Å². The average molecular weight is 417 g/mol. The fraction of sp³-hybridized carbons (Fsp3) is 0.227. The van der Waals surface area contributed by atoms with E-state index in [4.69, 9.17) is 9.26 Å². The summed E-state index contributed by atoms with van der Waals surface area (Å²) in [6.45, 7) is 0.539. The summed E-state index contributed by atoms with van der Waals surface area (Å²) in [5.41, 5.74) is 2.80. The van der Waals surface area contributed by atoms with Gasteiger partial charge in [0.05, 0.1) is 12.2 Å². The molecule has 0 bridgehead atoms. The van der Waals surface area contributed by atoms with Crippen molar-refractivity contribution in [2.45, 2.75) is 25.4 Å². The Morgan fingerprint density at radius 3 is 2.62 bits per heavy atom. The molecule has 150 valence electrons. The van der Waals surface area contributed by atoms with Gasteiger partial charge in [-0.25, -0.2) is 0 Å². The van der Waals surface area contributed by atoms with Crippen LogP contribution in [0.4, 0.5) is 13.2 Å². The quantitative estimate of drug-likeness (QED) is 0.304. The number of alkyl halides is 3. The molecule has 7 heteroatoms. The summed E-state index contributed by atoms with van der Waals surface area (Å²) in [7, 11) is 0. The Kier molecular flexibility index (Phi) is 5.58. The van der Waals surface area contributed by atoms with Crippen LogP contribution in [0, 0.1) is 0 Å². The second-order valence-electron chi connectivity index (χ2n) is 6.67. The topological polar surface area (TPSA) is 35.3 Å². The minimum absolute atomic E-state index is 0.539. The van der Waals surface area contributed by atoms with Gasteiger partial charge < -0.3 is 9.26 Å². The van der Waals surface area contributed by atoms with Gasteiger partial charge in [0.25, 0.3) is 0 Å². The molecule has 2 aromatic carbocycles. The second kappa shape index (κ2) is 8.29. The molecular weight excluding hydrogens is 399 g/mol. The van der Waals surface area contributed by atoms with Gasteiger partial charge in [0, 0.05) is 5.56 Å². The van der Waals surface area contributed by atoms with Crippen LogP contribution in [0.1, 0.15) is 24.0 Å². The molecule has 0 fully saturated rings. The number of nitrogens with zero attached hydrogens (tertiary/aromatic N) is 1. The first-order chi connectivity index (χ1) is 14.0. The van der Waals surface area contributed by atoms with Crippen molar-refractivity contribution in [3.05, 3.63) is 71.1 Å². The predicted octanol–water partition coefficient (Wildman–Crippen LogP) is 6.98. The fourth-order valence-corrected chi connectivity index (χ4v) is 3.89. The summed E-state index contributed by atoms with van der Waals surface area (Å²) in [5, 5.41) is 6.11. The lowest BCUT2D eigenvalue weighted by Gasteiger charge is -2.09. The van der Waals surface area contributed by atoms with E-state index < -0.39 is 11.7 Å². The number of fused-ring (bicyclic) bond motifs is 1. The molecule has 0 amide bonds. The third-order valence-corrected chi connectivity index (χ3v) is 5.50. The standard InChI is InChI=1S/C22H18F3NO2S/c23-22(24,25)17-9-7-15(8-10-17)4-1-2-12-27-18-6-3-5-16(14-18)20-21-19(28-26-20)11-13-29-21/h3,5-11,13-14H,1-2,4,12H2. The lowest BCUT2D eigenvalue weighted by molar-refractivity contribution is -0.137. The zero-order valence-corrected chi connectivity index (χ0v) is 16.2. The van der Waals surface area contributed by atoms with E-state index >= 15 is 0 Å². The number of hydrogen-bond acceptors (Lipinski definition) is 4. The second-order valence-corrected chi connectivity index (χ2v) is 7.59. The van der Waals surface area contributed by atoms with E-state index in [1.54, 1.807) is 11.3 Å². The minimum atomic E-state index is -4.29. The minimum Gasteiger partial charge on any atom is -0.494 e. The maximum absolute atomic E-state index is 12.6. The Hall–Kier alpha value is -2.80. The average Bonchev–Trinajstić information content (AvgIpc) is 3.31. The van der Waals surface area contributed by atoms with Crippen LogP contribution in [0.5, 0.6) is 5.75 Å². The van der Waals surface area contributed by atoms with Crippen molar-refractivity contribution in [3.63, 3.8) is 0 Å². The number of benzene rings is 2. The third kappa shape index (κ3) is 4.62. The number of hydrogen-bond donors (Lipinski definition) is 0. The molecule has 0 aliphatic rings. The lowest BCUT2D eigenvalue weighted by Crippen LogP contribution is -2.04. The number of aryl methyl sites for hydroxylation is 1. The fourth-order valence-electron chi connectivity index (χ4n) is 3.08. The highest BCUT2D eigenvalue weighted by Crippen LogP contribution is 2.33. The molecule has 0 aliphatic heterocycles. The highest BCUT2D eigenvalue weighted by atomic mass is 32.1. The smallest absolute Gasteiger partial charge is 0.416 e. The first-order valence-electron chi connectivity index (χ1n) is 9.23. The van der Waals surface area contributed by atoms with Crippen LogP contribution in [0.15, 0.2) is 64.5 Å². The summed E-state index contributed by atoms with van der Waals surface area (Å²) in [5.74, 6) is 0.754. The van der Waals surface area contributed by atoms with Crippen LogP contribution in [0.3, 0.4) is 0 Å². The van der Waals surface area contributed by atoms with Crippen LogP contribution >= 0.6 is 11.3 Å². The van der Waals surface area contributed by atoms with Crippen LogP contribution in [0.25, 0.3) is 21.5 Å². The van der Waals surface area contributed by atoms with Crippen molar-refractivity contribution in [1.82, 2.24) is 5.16 Å². The van der Waals surface area contributed by atoms with Crippen molar-refractivity contribution < 1.29 is 22.4 Å². The molecule has 0 radical (unpaired) electrons. The SMILES string of the molecule is FC(F)(F)c1ccc(CCCCOc2cccc(-c3noc4ccsc34)c2)cc1. The summed E-state index contributed by atoms with van der Waals surface area (Å²) in [6.07, 6.45) is -1.92. The molecule has 29 heavy (non-hydrogen) atoms. The molecule has 0 unspecified atom stereocenters. The van der Waals surface area contributed by atoms with Gasteiger partial charge in [0.2, 0.25) is 0 Å². The largest absolute Gasteiger partial charge is 0.494 e. The van der Waals surface area contributed by atoms with E-state index in [1.807, 2.05) is 35.7 Å². The van der Waals surface area contributed by atoms with Gasteiger partial charge in [-0.1, -0.05) is 29.4 Å². The maximum atomic E-state index is 12.6. The van der Waals surface area contributed by atoms with Gasteiger partial charge >= 0.3 is 6.18 Å². The summed E-state index contributed by atoms with van der Waals surface area (Å²) in [6, 6.07) is 14.9. The Balaban J connectivity index is 1.28. The van der Waals surface area contributed by atoms with Gasteiger partial charge in [0.1, 0.15) is 16.1 Å². The van der Waals surface area contributed by atoms with E-state index in [0.717, 1.165) is 64.2 Å². The van der Waals surface area contributed by atoms with Gasteiger partial charge in [-0.2, -0.15) is 13.2 Å². The molecule has 0 spiro atoms. The monoisotopic (exact) mass is 417 g/mol. The zero-order chi connectivity index (χ0) is 20.3. The molecule has 4 aromatic rings. The van der Waals surface area contributed by atoms with E-state index in [9.17, 15) is 13.2 Å². The molecule has 0 saturated carbocycles. The van der Waals surface area contributed by atoms with Gasteiger partial charge in [0.15, 0.2) is 5.58 Å². The highest BCUT2D eigenvalue weighted by Gasteiger charge is 2.29. The lowest BCUT2D eigenvalue weighted by atomic mass is 10.1. The Morgan fingerprint density at radius 1 is 1.00 bits per heavy atom. The molecular formula is C22H18F3NO2S. The molecule has 2 aromatic heterocycles. The van der Waals surface area contributed by atoms with Gasteiger partial charge in [-0.15, -0.1) is 11.3 Å². The summed E-state index contributed by atoms with van der Waals surface area (Å²) >= 11 is 1.59. The van der Waals surface area contributed by atoms with Gasteiger partial charge in [-0.05, 0) is 60.5 Å². The third-order valence-electron chi connectivity index (χ3n) is 4.60.